The molecule has 0 aromatic carbocycles. The Morgan fingerprint density at radius 3 is 3.00 bits per heavy atom. The highest BCUT2D eigenvalue weighted by Crippen LogP contribution is 2.21. The second-order valence-electron chi connectivity index (χ2n) is 3.15. The molecule has 0 fully saturated rings. The van der Waals surface area contributed by atoms with Gasteiger partial charge in [0.25, 0.3) is 0 Å². The maximum Gasteiger partial charge on any atom is 0.224 e. The van der Waals surface area contributed by atoms with Crippen molar-refractivity contribution in [3.8, 4) is 0 Å². The van der Waals surface area contributed by atoms with E-state index in [0.29, 0.717) is 10.8 Å². The lowest BCUT2D eigenvalue weighted by molar-refractivity contribution is 1.16. The Morgan fingerprint density at radius 1 is 1.25 bits per heavy atom. The van der Waals surface area contributed by atoms with Gasteiger partial charge >= 0.3 is 0 Å². The van der Waals surface area contributed by atoms with Crippen LogP contribution in [0.4, 0.5) is 5.82 Å². The van der Waals surface area contributed by atoms with E-state index in [-0.39, 0.29) is 5.28 Å². The summed E-state index contributed by atoms with van der Waals surface area (Å²) in [4.78, 5) is 7.79. The molecule has 1 aliphatic rings. The van der Waals surface area contributed by atoms with Crippen molar-refractivity contribution >= 4 is 29.0 Å². The number of halogens is 2. The van der Waals surface area contributed by atoms with Gasteiger partial charge in [0.15, 0.2) is 5.82 Å². The average molecular weight is 254 g/mol. The number of nitrogens with zero attached hydrogens (tertiary/aromatic N) is 2. The fourth-order valence-electron chi connectivity index (χ4n) is 1.23. The topological polar surface area (TPSA) is 37.8 Å². The molecule has 3 nitrogen and oxygen atoms in total. The third-order valence-corrected chi connectivity index (χ3v) is 2.42. The lowest BCUT2D eigenvalue weighted by atomic mass is 10.3. The van der Waals surface area contributed by atoms with Gasteiger partial charge in [-0.3, -0.25) is 0 Å². The van der Waals surface area contributed by atoms with Crippen LogP contribution >= 0.6 is 23.2 Å². The van der Waals surface area contributed by atoms with E-state index in [2.05, 4.69) is 21.4 Å². The van der Waals surface area contributed by atoms with Gasteiger partial charge in [-0.05, 0) is 30.2 Å². The fourth-order valence-corrected chi connectivity index (χ4v) is 1.50. The number of allylic oxidation sites excluding steroid dienone is 5. The van der Waals surface area contributed by atoms with Gasteiger partial charge in [-0.25, -0.2) is 4.98 Å². The van der Waals surface area contributed by atoms with E-state index in [9.17, 15) is 0 Å². The Balaban J connectivity index is 2.23. The van der Waals surface area contributed by atoms with Crippen molar-refractivity contribution in [3.05, 3.63) is 52.6 Å². The van der Waals surface area contributed by atoms with Crippen molar-refractivity contribution < 1.29 is 0 Å². The first-order chi connectivity index (χ1) is 7.75. The van der Waals surface area contributed by atoms with Crippen LogP contribution in [0.3, 0.4) is 0 Å². The fraction of sp³-hybridized carbons (Fsp3) is 0.0909. The molecule has 0 atom stereocenters. The lowest BCUT2D eigenvalue weighted by Gasteiger charge is -2.07. The molecule has 0 unspecified atom stereocenters. The second-order valence-corrected chi connectivity index (χ2v) is 3.89. The first kappa shape index (κ1) is 11.2. The molecule has 1 aromatic rings. The normalized spacial score (nSPS) is 14.5. The average Bonchev–Trinajstić information content (AvgIpc) is 2.52. The van der Waals surface area contributed by atoms with Crippen LogP contribution in [-0.2, 0) is 0 Å². The van der Waals surface area contributed by atoms with E-state index >= 15 is 0 Å². The van der Waals surface area contributed by atoms with E-state index in [0.717, 1.165) is 12.1 Å². The number of aromatic nitrogens is 2. The summed E-state index contributed by atoms with van der Waals surface area (Å²) in [5.74, 6) is 0.507. The molecule has 82 valence electrons. The Hall–Kier alpha value is -1.32. The predicted molar refractivity (Wildman–Crippen MR) is 66.7 cm³/mol. The number of hydrogen-bond donors (Lipinski definition) is 1. The van der Waals surface area contributed by atoms with Crippen molar-refractivity contribution in [2.24, 2.45) is 0 Å². The third-order valence-electron chi connectivity index (χ3n) is 1.96. The van der Waals surface area contributed by atoms with Gasteiger partial charge in [-0.1, -0.05) is 29.8 Å². The van der Waals surface area contributed by atoms with Crippen LogP contribution in [0.1, 0.15) is 6.42 Å². The molecule has 0 amide bonds. The van der Waals surface area contributed by atoms with E-state index in [1.54, 1.807) is 0 Å². The van der Waals surface area contributed by atoms with Crippen LogP contribution in [0.25, 0.3) is 0 Å². The molecule has 1 aliphatic carbocycles. The minimum Gasteiger partial charge on any atom is -0.339 e. The zero-order valence-electron chi connectivity index (χ0n) is 8.32. The van der Waals surface area contributed by atoms with Crippen molar-refractivity contribution in [3.63, 3.8) is 0 Å². The van der Waals surface area contributed by atoms with Gasteiger partial charge in [-0.2, -0.15) is 4.98 Å². The molecule has 1 heterocycles. The van der Waals surface area contributed by atoms with Crippen LogP contribution < -0.4 is 5.32 Å². The van der Waals surface area contributed by atoms with E-state index < -0.39 is 0 Å². The Labute approximate surface area is 104 Å². The monoisotopic (exact) mass is 253 g/mol. The highest BCUT2D eigenvalue weighted by atomic mass is 35.5. The molecule has 1 N–H and O–H groups in total. The van der Waals surface area contributed by atoms with Gasteiger partial charge in [0, 0.05) is 5.70 Å². The van der Waals surface area contributed by atoms with Crippen LogP contribution in [-0.4, -0.2) is 9.97 Å². The molecule has 1 aromatic heterocycles. The van der Waals surface area contributed by atoms with Crippen LogP contribution in [0, 0.1) is 0 Å². The molecule has 0 saturated carbocycles. The van der Waals surface area contributed by atoms with Crippen LogP contribution in [0.15, 0.2) is 42.3 Å². The number of rotatable bonds is 2. The minimum absolute atomic E-state index is 0.167. The van der Waals surface area contributed by atoms with Gasteiger partial charge < -0.3 is 5.32 Å². The van der Waals surface area contributed by atoms with Crippen molar-refractivity contribution in [2.75, 3.05) is 5.32 Å². The van der Waals surface area contributed by atoms with Gasteiger partial charge in [0.1, 0.15) is 5.02 Å². The largest absolute Gasteiger partial charge is 0.339 e. The summed E-state index contributed by atoms with van der Waals surface area (Å²) in [6, 6.07) is 0. The maximum absolute atomic E-state index is 5.94. The molecule has 16 heavy (non-hydrogen) atoms. The quantitative estimate of drug-likeness (QED) is 0.819. The number of nitrogens with one attached hydrogen (secondary N) is 1. The molecule has 0 aliphatic heterocycles. The first-order valence-corrected chi connectivity index (χ1v) is 5.50. The zero-order valence-corrected chi connectivity index (χ0v) is 9.83. The maximum atomic E-state index is 5.94. The minimum atomic E-state index is 0.167. The Morgan fingerprint density at radius 2 is 2.12 bits per heavy atom. The summed E-state index contributed by atoms with van der Waals surface area (Å²) in [5, 5.41) is 3.69. The summed E-state index contributed by atoms with van der Waals surface area (Å²) in [6.45, 7) is 0. The summed E-state index contributed by atoms with van der Waals surface area (Å²) >= 11 is 11.6. The van der Waals surface area contributed by atoms with Crippen LogP contribution in [0.5, 0.6) is 0 Å². The van der Waals surface area contributed by atoms with Crippen molar-refractivity contribution in [1.82, 2.24) is 9.97 Å². The highest BCUT2D eigenvalue weighted by molar-refractivity contribution is 6.33. The van der Waals surface area contributed by atoms with Crippen molar-refractivity contribution in [2.45, 2.75) is 6.42 Å². The lowest BCUT2D eigenvalue weighted by Crippen LogP contribution is -2.00. The van der Waals surface area contributed by atoms with Crippen molar-refractivity contribution in [1.29, 1.82) is 0 Å². The van der Waals surface area contributed by atoms with Gasteiger partial charge in [-0.15, -0.1) is 0 Å². The molecule has 0 radical (unpaired) electrons. The smallest absolute Gasteiger partial charge is 0.224 e. The van der Waals surface area contributed by atoms with Gasteiger partial charge in [0.05, 0.1) is 6.20 Å². The van der Waals surface area contributed by atoms with E-state index in [1.807, 2.05) is 24.3 Å². The predicted octanol–water partition coefficient (Wildman–Crippen LogP) is 3.60. The zero-order chi connectivity index (χ0) is 11.4. The SMILES string of the molecule is Clc1ncc(Cl)c(NC2=CC=CCC=C2)n1. The molecular formula is C11H9Cl2N3. The summed E-state index contributed by atoms with van der Waals surface area (Å²) < 4.78 is 0. The standard InChI is InChI=1S/C11H9Cl2N3/c12-9-7-14-11(13)16-10(9)15-8-5-3-1-2-4-6-8/h1,3-7H,2H2,(H,14,15,16). The Kier molecular flexibility index (Phi) is 3.59. The molecule has 0 saturated heterocycles. The number of hydrogen-bond acceptors (Lipinski definition) is 3. The summed E-state index contributed by atoms with van der Waals surface area (Å²) in [6.07, 6.45) is 12.4. The summed E-state index contributed by atoms with van der Waals surface area (Å²) in [7, 11) is 0. The molecule has 2 rings (SSSR count). The second kappa shape index (κ2) is 5.14. The van der Waals surface area contributed by atoms with Crippen LogP contribution in [0.2, 0.25) is 10.3 Å². The van der Waals surface area contributed by atoms with E-state index in [4.69, 9.17) is 23.2 Å². The highest BCUT2D eigenvalue weighted by Gasteiger charge is 2.04. The Bertz CT molecular complexity index is 478. The van der Waals surface area contributed by atoms with Gasteiger partial charge in [0.2, 0.25) is 5.28 Å². The third kappa shape index (κ3) is 2.84. The van der Waals surface area contributed by atoms with E-state index in [1.165, 1.54) is 6.20 Å². The molecule has 0 spiro atoms. The molecular weight excluding hydrogens is 245 g/mol. The first-order valence-electron chi connectivity index (χ1n) is 4.74. The molecule has 5 heteroatoms. The summed E-state index contributed by atoms with van der Waals surface area (Å²) in [5.41, 5.74) is 0.908. The molecule has 0 bridgehead atoms. The number of anilines is 1.